The van der Waals surface area contributed by atoms with Crippen LogP contribution in [0.3, 0.4) is 0 Å². The van der Waals surface area contributed by atoms with Crippen LogP contribution in [-0.4, -0.2) is 42.7 Å². The Bertz CT molecular complexity index is 944. The van der Waals surface area contributed by atoms with Gasteiger partial charge in [0.2, 0.25) is 15.9 Å². The van der Waals surface area contributed by atoms with Crippen LogP contribution in [0.15, 0.2) is 53.4 Å². The third-order valence-corrected chi connectivity index (χ3v) is 6.99. The average Bonchev–Trinajstić information content (AvgIpc) is 3.17. The summed E-state index contributed by atoms with van der Waals surface area (Å²) in [5.74, 6) is -0.592. The minimum Gasteiger partial charge on any atom is -0.337 e. The minimum absolute atomic E-state index is 0.200. The van der Waals surface area contributed by atoms with E-state index >= 15 is 0 Å². The molecule has 2 aromatic rings. The highest BCUT2D eigenvalue weighted by molar-refractivity contribution is 7.89. The summed E-state index contributed by atoms with van der Waals surface area (Å²) in [7, 11) is -3.75. The first kappa shape index (κ1) is 20.5. The highest BCUT2D eigenvalue weighted by Gasteiger charge is 2.40. The quantitative estimate of drug-likeness (QED) is 0.742. The number of aryl methyl sites for hydroxylation is 1. The van der Waals surface area contributed by atoms with Gasteiger partial charge < -0.3 is 4.90 Å². The van der Waals surface area contributed by atoms with Gasteiger partial charge in [-0.15, -0.1) is 0 Å². The van der Waals surface area contributed by atoms with Crippen molar-refractivity contribution in [3.63, 3.8) is 0 Å². The Balaban J connectivity index is 1.82. The van der Waals surface area contributed by atoms with Crippen LogP contribution in [0.4, 0.5) is 4.39 Å². The number of carbonyl (C=O) groups is 1. The zero-order valence-corrected chi connectivity index (χ0v) is 17.0. The van der Waals surface area contributed by atoms with Gasteiger partial charge in [-0.2, -0.15) is 4.31 Å². The molecule has 1 fully saturated rings. The van der Waals surface area contributed by atoms with E-state index in [9.17, 15) is 17.6 Å². The number of rotatable bonds is 6. The first-order valence-corrected chi connectivity index (χ1v) is 10.9. The van der Waals surface area contributed by atoms with Gasteiger partial charge in [0.1, 0.15) is 11.9 Å². The van der Waals surface area contributed by atoms with Gasteiger partial charge in [-0.25, -0.2) is 12.8 Å². The van der Waals surface area contributed by atoms with Crippen molar-refractivity contribution in [1.82, 2.24) is 9.21 Å². The topological polar surface area (TPSA) is 57.7 Å². The summed E-state index contributed by atoms with van der Waals surface area (Å²) >= 11 is 0. The summed E-state index contributed by atoms with van der Waals surface area (Å²) in [4.78, 5) is 14.9. The number of hydrogen-bond acceptors (Lipinski definition) is 3. The van der Waals surface area contributed by atoms with Crippen LogP contribution in [0.25, 0.3) is 0 Å². The third-order valence-electron chi connectivity index (χ3n) is 5.07. The van der Waals surface area contributed by atoms with E-state index in [0.717, 1.165) is 5.56 Å². The first-order chi connectivity index (χ1) is 13.3. The van der Waals surface area contributed by atoms with Crippen molar-refractivity contribution < 1.29 is 17.6 Å². The smallest absolute Gasteiger partial charge is 0.243 e. The third kappa shape index (κ3) is 4.25. The number of sulfonamides is 1. The van der Waals surface area contributed by atoms with E-state index in [-0.39, 0.29) is 23.2 Å². The molecule has 0 N–H and O–H groups in total. The van der Waals surface area contributed by atoms with E-state index in [1.165, 1.54) is 16.4 Å². The van der Waals surface area contributed by atoms with Gasteiger partial charge in [0.25, 0.3) is 0 Å². The molecule has 1 saturated heterocycles. The number of likely N-dealkylation sites (N-methyl/N-ethyl adjacent to an activating group) is 1. The summed E-state index contributed by atoms with van der Waals surface area (Å²) in [5, 5.41) is 0. The Hall–Kier alpha value is -2.25. The van der Waals surface area contributed by atoms with Gasteiger partial charge in [0, 0.05) is 19.6 Å². The lowest BCUT2D eigenvalue weighted by Gasteiger charge is -2.29. The molecule has 1 unspecified atom stereocenters. The SMILES string of the molecule is CCN(Cc1cccc(F)c1)C(=O)C1CCCN1S(=O)(=O)c1ccc(C)cc1. The summed E-state index contributed by atoms with van der Waals surface area (Å²) in [6.07, 6.45) is 1.13. The average molecular weight is 405 g/mol. The summed E-state index contributed by atoms with van der Waals surface area (Å²) in [5.41, 5.74) is 1.65. The molecule has 0 spiro atoms. The van der Waals surface area contributed by atoms with Crippen molar-refractivity contribution in [2.45, 2.75) is 44.2 Å². The molecule has 1 atom stereocenters. The van der Waals surface area contributed by atoms with E-state index in [1.54, 1.807) is 41.3 Å². The van der Waals surface area contributed by atoms with E-state index in [0.29, 0.717) is 31.5 Å². The van der Waals surface area contributed by atoms with Crippen LogP contribution in [0.5, 0.6) is 0 Å². The molecular formula is C21H25FN2O3S. The second-order valence-electron chi connectivity index (χ2n) is 7.07. The van der Waals surface area contributed by atoms with Crippen LogP contribution in [-0.2, 0) is 21.4 Å². The normalized spacial score (nSPS) is 17.6. The molecule has 1 amide bonds. The van der Waals surface area contributed by atoms with Gasteiger partial charge in [-0.3, -0.25) is 4.79 Å². The summed E-state index contributed by atoms with van der Waals surface area (Å²) in [6.45, 7) is 4.73. The second-order valence-corrected chi connectivity index (χ2v) is 8.96. The number of carbonyl (C=O) groups excluding carboxylic acids is 1. The zero-order chi connectivity index (χ0) is 20.3. The molecular weight excluding hydrogens is 379 g/mol. The van der Waals surface area contributed by atoms with Crippen molar-refractivity contribution in [1.29, 1.82) is 0 Å². The van der Waals surface area contributed by atoms with Crippen LogP contribution in [0, 0.1) is 12.7 Å². The monoisotopic (exact) mass is 404 g/mol. The Kier molecular flexibility index (Phi) is 6.15. The number of nitrogens with zero attached hydrogens (tertiary/aromatic N) is 2. The number of benzene rings is 2. The standard InChI is InChI=1S/C21H25FN2O3S/c1-3-23(15-17-6-4-7-18(22)14-17)21(25)20-8-5-13-24(20)28(26,27)19-11-9-16(2)10-12-19/h4,6-7,9-12,14,20H,3,5,8,13,15H2,1-2H3. The zero-order valence-electron chi connectivity index (χ0n) is 16.1. The van der Waals surface area contributed by atoms with Gasteiger partial charge in [-0.1, -0.05) is 29.8 Å². The molecule has 28 heavy (non-hydrogen) atoms. The van der Waals surface area contributed by atoms with E-state index < -0.39 is 16.1 Å². The van der Waals surface area contributed by atoms with Crippen molar-refractivity contribution in [2.75, 3.05) is 13.1 Å². The molecule has 1 aliphatic heterocycles. The Morgan fingerprint density at radius 3 is 2.57 bits per heavy atom. The predicted molar refractivity (Wildman–Crippen MR) is 106 cm³/mol. The molecule has 3 rings (SSSR count). The summed E-state index contributed by atoms with van der Waals surface area (Å²) < 4.78 is 40.9. The Labute approximate surface area is 165 Å². The molecule has 1 aliphatic rings. The van der Waals surface area contributed by atoms with E-state index in [2.05, 4.69) is 0 Å². The van der Waals surface area contributed by atoms with Gasteiger partial charge in [-0.05, 0) is 56.5 Å². The Morgan fingerprint density at radius 1 is 1.21 bits per heavy atom. The van der Waals surface area contributed by atoms with Gasteiger partial charge >= 0.3 is 0 Å². The van der Waals surface area contributed by atoms with Gasteiger partial charge in [0.05, 0.1) is 4.90 Å². The maximum absolute atomic E-state index is 13.5. The number of hydrogen-bond donors (Lipinski definition) is 0. The van der Waals surface area contributed by atoms with Crippen molar-refractivity contribution in [2.24, 2.45) is 0 Å². The van der Waals surface area contributed by atoms with Crippen LogP contribution in [0.1, 0.15) is 30.9 Å². The van der Waals surface area contributed by atoms with E-state index in [1.807, 2.05) is 13.8 Å². The lowest BCUT2D eigenvalue weighted by atomic mass is 10.1. The number of amides is 1. The molecule has 150 valence electrons. The first-order valence-electron chi connectivity index (χ1n) is 9.44. The molecule has 0 aromatic heterocycles. The van der Waals surface area contributed by atoms with Gasteiger partial charge in [0.15, 0.2) is 0 Å². The van der Waals surface area contributed by atoms with Crippen LogP contribution >= 0.6 is 0 Å². The van der Waals surface area contributed by atoms with E-state index in [4.69, 9.17) is 0 Å². The largest absolute Gasteiger partial charge is 0.337 e. The molecule has 0 bridgehead atoms. The summed E-state index contributed by atoms with van der Waals surface area (Å²) in [6, 6.07) is 12.1. The lowest BCUT2D eigenvalue weighted by Crippen LogP contribution is -2.47. The fraction of sp³-hybridized carbons (Fsp3) is 0.381. The molecule has 0 aliphatic carbocycles. The Morgan fingerprint density at radius 2 is 1.93 bits per heavy atom. The molecule has 2 aromatic carbocycles. The minimum atomic E-state index is -3.75. The molecule has 5 nitrogen and oxygen atoms in total. The fourth-order valence-electron chi connectivity index (χ4n) is 3.53. The van der Waals surface area contributed by atoms with Crippen LogP contribution < -0.4 is 0 Å². The molecule has 7 heteroatoms. The predicted octanol–water partition coefficient (Wildman–Crippen LogP) is 3.34. The van der Waals surface area contributed by atoms with Crippen molar-refractivity contribution in [3.05, 3.63) is 65.5 Å². The number of halogens is 1. The van der Waals surface area contributed by atoms with Crippen molar-refractivity contribution >= 4 is 15.9 Å². The molecule has 1 heterocycles. The lowest BCUT2D eigenvalue weighted by molar-refractivity contribution is -0.135. The molecule has 0 radical (unpaired) electrons. The van der Waals surface area contributed by atoms with Crippen molar-refractivity contribution in [3.8, 4) is 0 Å². The highest BCUT2D eigenvalue weighted by Crippen LogP contribution is 2.28. The maximum Gasteiger partial charge on any atom is 0.243 e. The maximum atomic E-state index is 13.5. The molecule has 0 saturated carbocycles. The second kappa shape index (κ2) is 8.41. The van der Waals surface area contributed by atoms with Crippen LogP contribution in [0.2, 0.25) is 0 Å². The fourth-order valence-corrected chi connectivity index (χ4v) is 5.18. The highest BCUT2D eigenvalue weighted by atomic mass is 32.2.